The molecule has 1 unspecified atom stereocenters. The minimum atomic E-state index is -1.08. The third-order valence-electron chi connectivity index (χ3n) is 4.63. The molecule has 0 spiro atoms. The molecule has 0 aliphatic carbocycles. The molecule has 0 saturated carbocycles. The Balaban J connectivity index is 1.77. The summed E-state index contributed by atoms with van der Waals surface area (Å²) in [5.74, 6) is 0.554. The van der Waals surface area contributed by atoms with Crippen molar-refractivity contribution in [1.29, 1.82) is 0 Å². The van der Waals surface area contributed by atoms with Crippen molar-refractivity contribution < 1.29 is 19.7 Å². The van der Waals surface area contributed by atoms with Crippen LogP contribution in [0.25, 0.3) is 0 Å². The first-order chi connectivity index (χ1) is 11.5. The molecule has 5 atom stereocenters. The van der Waals surface area contributed by atoms with Gasteiger partial charge in [-0.3, -0.25) is 4.99 Å². The van der Waals surface area contributed by atoms with Gasteiger partial charge >= 0.3 is 0 Å². The highest BCUT2D eigenvalue weighted by Crippen LogP contribution is 2.30. The van der Waals surface area contributed by atoms with E-state index in [1.54, 1.807) is 4.90 Å². The van der Waals surface area contributed by atoms with E-state index in [1.807, 2.05) is 0 Å². The van der Waals surface area contributed by atoms with Crippen LogP contribution in [0, 0.1) is 0 Å². The van der Waals surface area contributed by atoms with Crippen molar-refractivity contribution in [3.8, 4) is 0 Å². The number of fused-ring (bicyclic) bond motifs is 1. The molecule has 1 saturated heterocycles. The summed E-state index contributed by atoms with van der Waals surface area (Å²) in [6.07, 6.45) is 0.594. The topological polar surface area (TPSA) is 125 Å². The summed E-state index contributed by atoms with van der Waals surface area (Å²) < 4.78 is 10.8. The monoisotopic (exact) mass is 339 g/mol. The fourth-order valence-corrected chi connectivity index (χ4v) is 3.25. The number of aliphatic imine (C=N–C) groups is 3. The van der Waals surface area contributed by atoms with E-state index in [0.717, 1.165) is 12.8 Å². The summed E-state index contributed by atoms with van der Waals surface area (Å²) in [7, 11) is 1.52. The maximum absolute atomic E-state index is 10.3. The molecule has 0 aromatic rings. The molecule has 1 fully saturated rings. The Morgan fingerprint density at radius 1 is 1.46 bits per heavy atom. The maximum Gasteiger partial charge on any atom is 0.162 e. The first-order valence-corrected chi connectivity index (χ1v) is 8.24. The molecular formula is C15H25N5O4. The minimum absolute atomic E-state index is 0.196. The van der Waals surface area contributed by atoms with Crippen LogP contribution < -0.4 is 5.73 Å². The number of rotatable bonds is 6. The molecule has 0 amide bonds. The van der Waals surface area contributed by atoms with E-state index in [-0.39, 0.29) is 13.3 Å². The van der Waals surface area contributed by atoms with Crippen LogP contribution in [0.4, 0.5) is 0 Å². The van der Waals surface area contributed by atoms with Gasteiger partial charge in [0.05, 0.1) is 6.61 Å². The summed E-state index contributed by atoms with van der Waals surface area (Å²) in [6, 6.07) is 0. The van der Waals surface area contributed by atoms with Gasteiger partial charge < -0.3 is 30.3 Å². The number of aliphatic hydroxyl groups excluding tert-OH is 2. The smallest absolute Gasteiger partial charge is 0.162 e. The fourth-order valence-electron chi connectivity index (χ4n) is 3.25. The molecular weight excluding hydrogens is 314 g/mol. The molecule has 0 bridgehead atoms. The second kappa shape index (κ2) is 6.85. The van der Waals surface area contributed by atoms with Crippen LogP contribution in [0.15, 0.2) is 15.0 Å². The zero-order valence-electron chi connectivity index (χ0n) is 14.0. The van der Waals surface area contributed by atoms with Gasteiger partial charge in [-0.25, -0.2) is 9.98 Å². The Kier molecular flexibility index (Phi) is 4.97. The first kappa shape index (κ1) is 17.4. The van der Waals surface area contributed by atoms with Crippen molar-refractivity contribution in [2.75, 3.05) is 20.4 Å². The standard InChI is InChI=1S/C15H25N5O4/c1-3-4-5-15(16)12-13(17-7-19-15)20(8-18-12)14-11(22)10(21)9(24-14)6-23-2/h7,9-11,14,21-22H,3-6,8,16H2,1-2H3/t9-,10-,11-,14-,15?/m1/s1. The molecule has 9 heteroatoms. The Bertz CT molecular complexity index is 566. The lowest BCUT2D eigenvalue weighted by Crippen LogP contribution is -2.55. The number of aliphatic hydroxyl groups is 2. The quantitative estimate of drug-likeness (QED) is 0.575. The van der Waals surface area contributed by atoms with E-state index in [9.17, 15) is 10.2 Å². The molecule has 3 aliphatic rings. The highest BCUT2D eigenvalue weighted by molar-refractivity contribution is 6.47. The highest BCUT2D eigenvalue weighted by atomic mass is 16.6. The Hall–Kier alpha value is -1.39. The SMILES string of the molecule is CCCCC1(N)N=CN=C2C1=NCN2[C@@H]1O[C@H](COC)[C@@H](O)[C@H]1O. The van der Waals surface area contributed by atoms with Gasteiger partial charge in [-0.15, -0.1) is 0 Å². The number of unbranched alkanes of at least 4 members (excludes halogenated alkanes) is 1. The van der Waals surface area contributed by atoms with E-state index in [4.69, 9.17) is 15.2 Å². The van der Waals surface area contributed by atoms with Crippen molar-refractivity contribution in [2.45, 2.75) is 56.4 Å². The van der Waals surface area contributed by atoms with Gasteiger partial charge in [-0.05, 0) is 12.8 Å². The highest BCUT2D eigenvalue weighted by Gasteiger charge is 2.50. The number of ether oxygens (including phenoxy) is 2. The summed E-state index contributed by atoms with van der Waals surface area (Å²) in [6.45, 7) is 2.55. The normalized spacial score (nSPS) is 38.3. The maximum atomic E-state index is 10.3. The predicted molar refractivity (Wildman–Crippen MR) is 89.1 cm³/mol. The molecule has 3 rings (SSSR count). The van der Waals surface area contributed by atoms with Crippen molar-refractivity contribution in [3.63, 3.8) is 0 Å². The molecule has 134 valence electrons. The average Bonchev–Trinajstić information content (AvgIpc) is 3.11. The Morgan fingerprint density at radius 2 is 2.25 bits per heavy atom. The van der Waals surface area contributed by atoms with E-state index in [1.165, 1.54) is 13.4 Å². The fraction of sp³-hybridized carbons (Fsp3) is 0.800. The number of hydrogen-bond donors (Lipinski definition) is 3. The Labute approximate surface area is 140 Å². The number of nitrogens with two attached hydrogens (primary N) is 1. The van der Waals surface area contributed by atoms with Gasteiger partial charge in [-0.2, -0.15) is 0 Å². The molecule has 9 nitrogen and oxygen atoms in total. The lowest BCUT2D eigenvalue weighted by molar-refractivity contribution is -0.0736. The van der Waals surface area contributed by atoms with Crippen LogP contribution in [-0.4, -0.2) is 83.6 Å². The van der Waals surface area contributed by atoms with Crippen molar-refractivity contribution in [1.82, 2.24) is 4.90 Å². The first-order valence-electron chi connectivity index (χ1n) is 8.24. The van der Waals surface area contributed by atoms with Gasteiger partial charge in [0, 0.05) is 7.11 Å². The van der Waals surface area contributed by atoms with Crippen molar-refractivity contribution >= 4 is 17.9 Å². The van der Waals surface area contributed by atoms with E-state index >= 15 is 0 Å². The van der Waals surface area contributed by atoms with Crippen LogP contribution in [0.1, 0.15) is 26.2 Å². The average molecular weight is 339 g/mol. The van der Waals surface area contributed by atoms with Gasteiger partial charge in [0.2, 0.25) is 0 Å². The van der Waals surface area contributed by atoms with Crippen LogP contribution in [-0.2, 0) is 9.47 Å². The van der Waals surface area contributed by atoms with Gasteiger partial charge in [0.1, 0.15) is 37.0 Å². The second-order valence-corrected chi connectivity index (χ2v) is 6.34. The minimum Gasteiger partial charge on any atom is -0.387 e. The zero-order valence-corrected chi connectivity index (χ0v) is 14.0. The molecule has 0 aromatic heterocycles. The van der Waals surface area contributed by atoms with Gasteiger partial charge in [-0.1, -0.05) is 13.3 Å². The summed E-state index contributed by atoms with van der Waals surface area (Å²) >= 11 is 0. The molecule has 3 heterocycles. The summed E-state index contributed by atoms with van der Waals surface area (Å²) in [4.78, 5) is 14.8. The number of methoxy groups -OCH3 is 1. The number of amidine groups is 1. The van der Waals surface area contributed by atoms with Crippen LogP contribution >= 0.6 is 0 Å². The zero-order chi connectivity index (χ0) is 17.3. The lowest BCUT2D eigenvalue weighted by Gasteiger charge is -2.32. The number of nitrogens with zero attached hydrogens (tertiary/aromatic N) is 4. The van der Waals surface area contributed by atoms with E-state index in [2.05, 4.69) is 21.9 Å². The third-order valence-corrected chi connectivity index (χ3v) is 4.63. The summed E-state index contributed by atoms with van der Waals surface area (Å²) in [5.41, 5.74) is 6.14. The molecule has 4 N–H and O–H groups in total. The Morgan fingerprint density at radius 3 is 2.96 bits per heavy atom. The van der Waals surface area contributed by atoms with Crippen molar-refractivity contribution in [2.24, 2.45) is 20.7 Å². The van der Waals surface area contributed by atoms with Crippen molar-refractivity contribution in [3.05, 3.63) is 0 Å². The third kappa shape index (κ3) is 2.86. The van der Waals surface area contributed by atoms with Crippen LogP contribution in [0.5, 0.6) is 0 Å². The summed E-state index contributed by atoms with van der Waals surface area (Å²) in [5, 5.41) is 20.5. The molecule has 24 heavy (non-hydrogen) atoms. The van der Waals surface area contributed by atoms with Crippen LogP contribution in [0.2, 0.25) is 0 Å². The van der Waals surface area contributed by atoms with E-state index in [0.29, 0.717) is 18.0 Å². The second-order valence-electron chi connectivity index (χ2n) is 6.34. The lowest BCUT2D eigenvalue weighted by atomic mass is 9.96. The van der Waals surface area contributed by atoms with Gasteiger partial charge in [0.25, 0.3) is 0 Å². The molecule has 0 radical (unpaired) electrons. The largest absolute Gasteiger partial charge is 0.387 e. The number of hydrogen-bond acceptors (Lipinski definition) is 9. The van der Waals surface area contributed by atoms with Gasteiger partial charge in [0.15, 0.2) is 17.7 Å². The van der Waals surface area contributed by atoms with Crippen LogP contribution in [0.3, 0.4) is 0 Å². The van der Waals surface area contributed by atoms with E-state index < -0.39 is 30.2 Å². The predicted octanol–water partition coefficient (Wildman–Crippen LogP) is -0.921. The molecule has 0 aromatic carbocycles. The molecule has 3 aliphatic heterocycles.